The van der Waals surface area contributed by atoms with Crippen molar-refractivity contribution in [3.8, 4) is 0 Å². The van der Waals surface area contributed by atoms with Crippen molar-refractivity contribution in [3.63, 3.8) is 0 Å². The van der Waals surface area contributed by atoms with Gasteiger partial charge in [-0.2, -0.15) is 0 Å². The van der Waals surface area contributed by atoms with E-state index in [0.717, 1.165) is 25.7 Å². The van der Waals surface area contributed by atoms with Gasteiger partial charge >= 0.3 is 0 Å². The Morgan fingerprint density at radius 2 is 1.92 bits per heavy atom. The maximum atomic E-state index is 12.2. The Morgan fingerprint density at radius 1 is 1.20 bits per heavy atom. The van der Waals surface area contributed by atoms with Crippen molar-refractivity contribution < 1.29 is 19.8 Å². The lowest BCUT2D eigenvalue weighted by Crippen LogP contribution is -2.61. The molecule has 0 bridgehead atoms. The minimum absolute atomic E-state index is 0.117. The third kappa shape index (κ3) is 2.07. The minimum Gasteiger partial charge on any atom is -0.393 e. The Kier molecular flexibility index (Phi) is 3.66. The zero-order valence-electron chi connectivity index (χ0n) is 15.5. The topological polar surface area (TPSA) is 74.6 Å². The molecule has 3 saturated carbocycles. The van der Waals surface area contributed by atoms with Crippen LogP contribution in [0.2, 0.25) is 0 Å². The second-order valence-corrected chi connectivity index (χ2v) is 9.53. The van der Waals surface area contributed by atoms with E-state index in [0.29, 0.717) is 25.2 Å². The molecule has 4 heteroatoms. The maximum absolute atomic E-state index is 12.2. The highest BCUT2D eigenvalue weighted by Crippen LogP contribution is 2.67. The molecule has 0 amide bonds. The molecule has 0 unspecified atom stereocenters. The molecule has 25 heavy (non-hydrogen) atoms. The number of hydrogen-bond donors (Lipinski definition) is 2. The van der Waals surface area contributed by atoms with Crippen molar-refractivity contribution in [3.05, 3.63) is 11.6 Å². The highest BCUT2D eigenvalue weighted by Gasteiger charge is 2.67. The standard InChI is InChI=1S/C21H30O4/c1-12(22)21(25)9-7-16-15-5-4-13-10-14(23)6-8-19(13,2)18(15)17(24)11-20(16,21)3/h10,15-18,24-25H,4-9,11H2,1-3H3/t15-,16-,17-,18+,19+,20-,21-/m1/s1. The van der Waals surface area contributed by atoms with E-state index in [1.807, 2.05) is 13.0 Å². The summed E-state index contributed by atoms with van der Waals surface area (Å²) >= 11 is 0. The van der Waals surface area contributed by atoms with Crippen LogP contribution in [-0.4, -0.2) is 33.5 Å². The lowest BCUT2D eigenvalue weighted by molar-refractivity contribution is -0.179. The monoisotopic (exact) mass is 346 g/mol. The zero-order chi connectivity index (χ0) is 18.2. The summed E-state index contributed by atoms with van der Waals surface area (Å²) in [7, 11) is 0. The number of fused-ring (bicyclic) bond motifs is 5. The second kappa shape index (κ2) is 5.26. The van der Waals surface area contributed by atoms with Gasteiger partial charge in [0, 0.05) is 11.8 Å². The molecule has 4 aliphatic rings. The predicted molar refractivity (Wildman–Crippen MR) is 93.7 cm³/mol. The number of aliphatic hydroxyl groups is 2. The molecule has 0 aromatic heterocycles. The van der Waals surface area contributed by atoms with Gasteiger partial charge in [-0.3, -0.25) is 9.59 Å². The molecule has 4 nitrogen and oxygen atoms in total. The van der Waals surface area contributed by atoms with Gasteiger partial charge in [0.2, 0.25) is 0 Å². The summed E-state index contributed by atoms with van der Waals surface area (Å²) in [5, 5.41) is 22.3. The third-order valence-corrected chi connectivity index (χ3v) is 8.63. The molecular weight excluding hydrogens is 316 g/mol. The Bertz CT molecular complexity index is 667. The van der Waals surface area contributed by atoms with Crippen LogP contribution in [0, 0.1) is 28.6 Å². The first-order valence-electron chi connectivity index (χ1n) is 9.79. The van der Waals surface area contributed by atoms with E-state index in [4.69, 9.17) is 0 Å². The van der Waals surface area contributed by atoms with Gasteiger partial charge in [0.25, 0.3) is 0 Å². The number of allylic oxidation sites excluding steroid dienone is 1. The number of carbonyl (C=O) groups excluding carboxylic acids is 2. The van der Waals surface area contributed by atoms with E-state index in [-0.39, 0.29) is 28.8 Å². The fourth-order valence-corrected chi connectivity index (χ4v) is 7.27. The smallest absolute Gasteiger partial charge is 0.161 e. The zero-order valence-corrected chi connectivity index (χ0v) is 15.5. The van der Waals surface area contributed by atoms with Gasteiger partial charge in [0.1, 0.15) is 5.60 Å². The first-order chi connectivity index (χ1) is 11.6. The van der Waals surface area contributed by atoms with Crippen LogP contribution in [0.5, 0.6) is 0 Å². The fraction of sp³-hybridized carbons (Fsp3) is 0.810. The molecule has 3 fully saturated rings. The number of Topliss-reactive ketones (excluding diaryl/α,β-unsaturated/α-hetero) is 1. The van der Waals surface area contributed by atoms with Gasteiger partial charge in [-0.05, 0) is 74.7 Å². The van der Waals surface area contributed by atoms with Crippen molar-refractivity contribution in [2.45, 2.75) is 77.4 Å². The molecule has 0 saturated heterocycles. The summed E-state index contributed by atoms with van der Waals surface area (Å²) in [6.07, 6.45) is 6.38. The number of hydrogen-bond acceptors (Lipinski definition) is 4. The molecule has 0 heterocycles. The first-order valence-corrected chi connectivity index (χ1v) is 9.79. The molecule has 4 aliphatic carbocycles. The molecular formula is C21H30O4. The molecule has 0 spiro atoms. The van der Waals surface area contributed by atoms with E-state index in [1.165, 1.54) is 12.5 Å². The lowest BCUT2D eigenvalue weighted by atomic mass is 9.45. The summed E-state index contributed by atoms with van der Waals surface area (Å²) < 4.78 is 0. The average Bonchev–Trinajstić information content (AvgIpc) is 2.80. The van der Waals surface area contributed by atoms with Gasteiger partial charge in [0.15, 0.2) is 11.6 Å². The molecule has 2 N–H and O–H groups in total. The van der Waals surface area contributed by atoms with Gasteiger partial charge in [-0.25, -0.2) is 0 Å². The average molecular weight is 346 g/mol. The van der Waals surface area contributed by atoms with Crippen LogP contribution in [0.1, 0.15) is 65.7 Å². The molecule has 4 rings (SSSR count). The largest absolute Gasteiger partial charge is 0.393 e. The van der Waals surface area contributed by atoms with Gasteiger partial charge in [-0.1, -0.05) is 19.4 Å². The van der Waals surface area contributed by atoms with Crippen molar-refractivity contribution in [1.82, 2.24) is 0 Å². The predicted octanol–water partition coefficient (Wildman–Crippen LogP) is 2.81. The van der Waals surface area contributed by atoms with Crippen LogP contribution in [0.3, 0.4) is 0 Å². The molecule has 0 aromatic carbocycles. The third-order valence-electron chi connectivity index (χ3n) is 8.63. The SMILES string of the molecule is CC(=O)[C@]1(O)CC[C@@H]2[C@H]3CCC4=CC(=O)CC[C@]4(C)[C@@H]3[C@H](O)C[C@]21C. The van der Waals surface area contributed by atoms with Gasteiger partial charge in [0.05, 0.1) is 6.10 Å². The normalized spacial score (nSPS) is 52.0. The van der Waals surface area contributed by atoms with E-state index < -0.39 is 17.1 Å². The van der Waals surface area contributed by atoms with Gasteiger partial charge < -0.3 is 10.2 Å². The number of carbonyl (C=O) groups is 2. The summed E-state index contributed by atoms with van der Waals surface area (Å²) in [5.74, 6) is 0.776. The van der Waals surface area contributed by atoms with Crippen LogP contribution < -0.4 is 0 Å². The van der Waals surface area contributed by atoms with Crippen LogP contribution in [-0.2, 0) is 9.59 Å². The Morgan fingerprint density at radius 3 is 2.60 bits per heavy atom. The molecule has 0 aromatic rings. The summed E-state index contributed by atoms with van der Waals surface area (Å²) in [4.78, 5) is 24.1. The van der Waals surface area contributed by atoms with E-state index in [2.05, 4.69) is 6.92 Å². The molecule has 0 radical (unpaired) electrons. The van der Waals surface area contributed by atoms with E-state index in [1.54, 1.807) is 0 Å². The quantitative estimate of drug-likeness (QED) is 0.766. The fourth-order valence-electron chi connectivity index (χ4n) is 7.27. The van der Waals surface area contributed by atoms with Crippen LogP contribution >= 0.6 is 0 Å². The number of aliphatic hydroxyl groups excluding tert-OH is 1. The number of rotatable bonds is 1. The second-order valence-electron chi connectivity index (χ2n) is 9.53. The van der Waals surface area contributed by atoms with Crippen molar-refractivity contribution >= 4 is 11.6 Å². The Hall–Kier alpha value is -1.00. The number of ketones is 2. The summed E-state index contributed by atoms with van der Waals surface area (Å²) in [6, 6.07) is 0. The highest BCUT2D eigenvalue weighted by molar-refractivity contribution is 5.91. The van der Waals surface area contributed by atoms with E-state index in [9.17, 15) is 19.8 Å². The Balaban J connectivity index is 1.75. The van der Waals surface area contributed by atoms with Gasteiger partial charge in [-0.15, -0.1) is 0 Å². The molecule has 7 atom stereocenters. The maximum Gasteiger partial charge on any atom is 0.161 e. The summed E-state index contributed by atoms with van der Waals surface area (Å²) in [5.41, 5.74) is -0.744. The van der Waals surface area contributed by atoms with Crippen LogP contribution in [0.25, 0.3) is 0 Å². The van der Waals surface area contributed by atoms with Crippen molar-refractivity contribution in [2.75, 3.05) is 0 Å². The summed E-state index contributed by atoms with van der Waals surface area (Å²) in [6.45, 7) is 5.73. The van der Waals surface area contributed by atoms with Crippen molar-refractivity contribution in [2.24, 2.45) is 28.6 Å². The van der Waals surface area contributed by atoms with Crippen LogP contribution in [0.15, 0.2) is 11.6 Å². The van der Waals surface area contributed by atoms with E-state index >= 15 is 0 Å². The highest BCUT2D eigenvalue weighted by atomic mass is 16.3. The Labute approximate surface area is 149 Å². The lowest BCUT2D eigenvalue weighted by Gasteiger charge is -2.60. The molecule has 138 valence electrons. The van der Waals surface area contributed by atoms with Crippen LogP contribution in [0.4, 0.5) is 0 Å². The molecule has 0 aliphatic heterocycles. The minimum atomic E-state index is -1.30. The first kappa shape index (κ1) is 17.4. The van der Waals surface area contributed by atoms with Crippen molar-refractivity contribution in [1.29, 1.82) is 0 Å².